The maximum Gasteiger partial charge on any atom is 0.335 e. The summed E-state index contributed by atoms with van der Waals surface area (Å²) in [5, 5.41) is 2.22. The molecular formula is C28H21BrN2O9. The molecule has 0 atom stereocenters. The Labute approximate surface area is 236 Å². The minimum atomic E-state index is -0.866. The van der Waals surface area contributed by atoms with Gasteiger partial charge in [-0.15, -0.1) is 0 Å². The molecule has 1 N–H and O–H groups in total. The maximum atomic E-state index is 13.4. The predicted molar refractivity (Wildman–Crippen MR) is 144 cm³/mol. The van der Waals surface area contributed by atoms with E-state index in [0.29, 0.717) is 51.1 Å². The second-order valence-corrected chi connectivity index (χ2v) is 9.59. The number of nitrogens with one attached hydrogen (secondary N) is 1. The summed E-state index contributed by atoms with van der Waals surface area (Å²) >= 11 is 3.52. The van der Waals surface area contributed by atoms with Gasteiger partial charge in [0.1, 0.15) is 12.2 Å². The Bertz CT molecular complexity index is 1590. The van der Waals surface area contributed by atoms with Crippen LogP contribution in [-0.2, 0) is 16.2 Å². The van der Waals surface area contributed by atoms with Gasteiger partial charge >= 0.3 is 6.03 Å². The molecule has 0 aliphatic carbocycles. The molecule has 0 aromatic heterocycles. The van der Waals surface area contributed by atoms with Gasteiger partial charge in [0.15, 0.2) is 34.5 Å². The third-order valence-electron chi connectivity index (χ3n) is 6.18. The Hall–Kier alpha value is -4.71. The number of anilines is 1. The van der Waals surface area contributed by atoms with Crippen molar-refractivity contribution in [3.8, 4) is 34.5 Å². The van der Waals surface area contributed by atoms with Crippen molar-refractivity contribution < 1.29 is 42.8 Å². The van der Waals surface area contributed by atoms with E-state index in [2.05, 4.69) is 21.2 Å². The maximum absolute atomic E-state index is 13.4. The zero-order valence-corrected chi connectivity index (χ0v) is 22.6. The van der Waals surface area contributed by atoms with Crippen molar-refractivity contribution >= 4 is 45.5 Å². The van der Waals surface area contributed by atoms with Crippen LogP contribution in [0.2, 0.25) is 0 Å². The molecule has 6 rings (SSSR count). The van der Waals surface area contributed by atoms with Gasteiger partial charge < -0.3 is 28.4 Å². The number of carbonyl (C=O) groups excluding carboxylic acids is 3. The van der Waals surface area contributed by atoms with Crippen LogP contribution in [0.15, 0.2) is 58.6 Å². The monoisotopic (exact) mass is 608 g/mol. The number of urea groups is 1. The van der Waals surface area contributed by atoms with Crippen LogP contribution in [-0.4, -0.2) is 38.0 Å². The van der Waals surface area contributed by atoms with E-state index in [0.717, 1.165) is 10.5 Å². The van der Waals surface area contributed by atoms with Gasteiger partial charge in [-0.1, -0.05) is 6.07 Å². The van der Waals surface area contributed by atoms with Gasteiger partial charge in [-0.2, -0.15) is 0 Å². The minimum Gasteiger partial charge on any atom is -0.490 e. The molecule has 12 heteroatoms. The second kappa shape index (κ2) is 10.5. The summed E-state index contributed by atoms with van der Waals surface area (Å²) in [6, 6.07) is 12.6. The number of carbonyl (C=O) groups is 3. The minimum absolute atomic E-state index is 0.0377. The third-order valence-corrected chi connectivity index (χ3v) is 6.77. The van der Waals surface area contributed by atoms with Crippen LogP contribution in [0.5, 0.6) is 34.5 Å². The molecule has 0 unspecified atom stereocenters. The predicted octanol–water partition coefficient (Wildman–Crippen LogP) is 4.55. The first kappa shape index (κ1) is 25.6. The highest BCUT2D eigenvalue weighted by Crippen LogP contribution is 2.40. The Kier molecular flexibility index (Phi) is 6.68. The fraction of sp³-hybridized carbons (Fsp3) is 0.179. The fourth-order valence-corrected chi connectivity index (χ4v) is 4.92. The van der Waals surface area contributed by atoms with E-state index in [1.807, 2.05) is 25.1 Å². The summed E-state index contributed by atoms with van der Waals surface area (Å²) in [7, 11) is 0. The second-order valence-electron chi connectivity index (χ2n) is 8.73. The Morgan fingerprint density at radius 1 is 0.900 bits per heavy atom. The van der Waals surface area contributed by atoms with E-state index < -0.39 is 17.8 Å². The molecule has 3 aromatic carbocycles. The molecule has 4 amide bonds. The first-order valence-corrected chi connectivity index (χ1v) is 13.0. The van der Waals surface area contributed by atoms with Crippen molar-refractivity contribution in [3.05, 3.63) is 69.7 Å². The standard InChI is InChI=1S/C28H21BrN2O9/c1-2-35-24-10-16(8-19(29)25(24)36-12-15-3-5-20-22(9-15)39-13-37-20)7-18-26(32)30-28(34)31(27(18)33)17-4-6-21-23(11-17)40-14-38-21/h3-11H,2,12-14H2,1H3,(H,30,32,34)/b18-7+. The Morgan fingerprint density at radius 3 is 2.35 bits per heavy atom. The Morgan fingerprint density at radius 2 is 1.60 bits per heavy atom. The molecule has 40 heavy (non-hydrogen) atoms. The van der Waals surface area contributed by atoms with E-state index in [4.69, 9.17) is 28.4 Å². The quantitative estimate of drug-likeness (QED) is 0.304. The molecule has 1 fully saturated rings. The lowest BCUT2D eigenvalue weighted by molar-refractivity contribution is -0.122. The zero-order chi connectivity index (χ0) is 27.8. The van der Waals surface area contributed by atoms with Crippen molar-refractivity contribution in [2.24, 2.45) is 0 Å². The molecule has 3 aromatic rings. The van der Waals surface area contributed by atoms with Crippen molar-refractivity contribution in [2.45, 2.75) is 13.5 Å². The lowest BCUT2D eigenvalue weighted by Gasteiger charge is -2.26. The average molecular weight is 609 g/mol. The number of hydrogen-bond donors (Lipinski definition) is 1. The van der Waals surface area contributed by atoms with Gasteiger partial charge in [0.2, 0.25) is 13.6 Å². The van der Waals surface area contributed by atoms with Gasteiger partial charge in [0, 0.05) is 6.07 Å². The molecule has 204 valence electrons. The van der Waals surface area contributed by atoms with Crippen molar-refractivity contribution in [3.63, 3.8) is 0 Å². The summed E-state index contributed by atoms with van der Waals surface area (Å²) in [5.41, 5.74) is 1.33. The number of barbiturate groups is 1. The number of benzene rings is 3. The number of imide groups is 2. The smallest absolute Gasteiger partial charge is 0.335 e. The average Bonchev–Trinajstić information content (AvgIpc) is 3.59. The molecule has 0 spiro atoms. The van der Waals surface area contributed by atoms with Crippen LogP contribution < -0.4 is 38.6 Å². The topological polar surface area (TPSA) is 122 Å². The van der Waals surface area contributed by atoms with E-state index in [1.54, 1.807) is 18.2 Å². The van der Waals surface area contributed by atoms with Gasteiger partial charge in [-0.25, -0.2) is 9.69 Å². The summed E-state index contributed by atoms with van der Waals surface area (Å²) in [6.07, 6.45) is 1.39. The highest BCUT2D eigenvalue weighted by Gasteiger charge is 2.37. The van der Waals surface area contributed by atoms with E-state index in [9.17, 15) is 14.4 Å². The summed E-state index contributed by atoms with van der Waals surface area (Å²) in [6.45, 7) is 2.62. The molecule has 0 radical (unpaired) electrons. The van der Waals surface area contributed by atoms with Crippen LogP contribution in [0.1, 0.15) is 18.1 Å². The first-order chi connectivity index (χ1) is 19.4. The zero-order valence-electron chi connectivity index (χ0n) is 21.0. The van der Waals surface area contributed by atoms with Crippen molar-refractivity contribution in [2.75, 3.05) is 25.1 Å². The number of amides is 4. The molecule has 3 aliphatic heterocycles. The van der Waals surface area contributed by atoms with E-state index in [-0.39, 0.29) is 31.5 Å². The molecule has 11 nitrogen and oxygen atoms in total. The number of rotatable bonds is 7. The number of fused-ring (bicyclic) bond motifs is 2. The SMILES string of the molecule is CCOc1cc(/C=C2\C(=O)NC(=O)N(c3ccc4c(c3)OCO4)C2=O)cc(Br)c1OCc1ccc2c(c1)OCO2. The molecule has 3 aliphatic rings. The molecule has 3 heterocycles. The summed E-state index contributed by atoms with van der Waals surface area (Å²) in [5.74, 6) is 1.45. The normalized spacial score (nSPS) is 16.4. The van der Waals surface area contributed by atoms with Crippen molar-refractivity contribution in [1.29, 1.82) is 0 Å². The summed E-state index contributed by atoms with van der Waals surface area (Å²) < 4.78 is 33.9. The molecular weight excluding hydrogens is 588 g/mol. The number of halogens is 1. The van der Waals surface area contributed by atoms with Gasteiger partial charge in [0.25, 0.3) is 11.8 Å². The lowest BCUT2D eigenvalue weighted by atomic mass is 10.1. The number of hydrogen-bond acceptors (Lipinski definition) is 9. The molecule has 0 bridgehead atoms. The van der Waals surface area contributed by atoms with Gasteiger partial charge in [-0.05, 0) is 76.5 Å². The number of ether oxygens (including phenoxy) is 6. The fourth-order valence-electron chi connectivity index (χ4n) is 4.34. The van der Waals surface area contributed by atoms with Crippen LogP contribution in [0, 0.1) is 0 Å². The highest BCUT2D eigenvalue weighted by molar-refractivity contribution is 9.10. The highest BCUT2D eigenvalue weighted by atomic mass is 79.9. The molecule has 0 saturated carbocycles. The number of nitrogens with zero attached hydrogens (tertiary/aromatic N) is 1. The molecule has 1 saturated heterocycles. The first-order valence-electron chi connectivity index (χ1n) is 12.2. The van der Waals surface area contributed by atoms with E-state index >= 15 is 0 Å². The van der Waals surface area contributed by atoms with Crippen molar-refractivity contribution in [1.82, 2.24) is 5.32 Å². The largest absolute Gasteiger partial charge is 0.490 e. The van der Waals surface area contributed by atoms with Crippen LogP contribution in [0.25, 0.3) is 6.08 Å². The van der Waals surface area contributed by atoms with E-state index in [1.165, 1.54) is 18.2 Å². The summed E-state index contributed by atoms with van der Waals surface area (Å²) in [4.78, 5) is 39.6. The van der Waals surface area contributed by atoms with Crippen LogP contribution in [0.4, 0.5) is 10.5 Å². The Balaban J connectivity index is 1.28. The lowest BCUT2D eigenvalue weighted by Crippen LogP contribution is -2.54. The third kappa shape index (κ3) is 4.77. The van der Waals surface area contributed by atoms with Crippen LogP contribution >= 0.6 is 15.9 Å². The van der Waals surface area contributed by atoms with Gasteiger partial charge in [-0.3, -0.25) is 14.9 Å². The van der Waals surface area contributed by atoms with Gasteiger partial charge in [0.05, 0.1) is 16.8 Å². The van der Waals surface area contributed by atoms with Crippen LogP contribution in [0.3, 0.4) is 0 Å².